The van der Waals surface area contributed by atoms with Gasteiger partial charge in [0.2, 0.25) is 0 Å². The molecule has 0 saturated carbocycles. The fourth-order valence-electron chi connectivity index (χ4n) is 3.57. The van der Waals surface area contributed by atoms with Crippen LogP contribution in [-0.2, 0) is 4.74 Å². The third-order valence-electron chi connectivity index (χ3n) is 4.97. The molecule has 0 bridgehead atoms. The van der Waals surface area contributed by atoms with Crippen molar-refractivity contribution >= 4 is 11.8 Å². The number of likely N-dealkylation sites (tertiary alicyclic amines) is 1. The molecule has 146 valence electrons. The molecular weight excluding hydrogens is 342 g/mol. The summed E-state index contributed by atoms with van der Waals surface area (Å²) in [6, 6.07) is 11.5. The number of nitrogens with one attached hydrogen (secondary N) is 1. The molecule has 0 radical (unpaired) electrons. The number of benzene rings is 1. The summed E-state index contributed by atoms with van der Waals surface area (Å²) >= 11 is 0. The lowest BCUT2D eigenvalue weighted by Gasteiger charge is -2.34. The van der Waals surface area contributed by atoms with Gasteiger partial charge in [0.05, 0.1) is 18.5 Å². The minimum atomic E-state index is -0.110. The number of hydrogen-bond acceptors (Lipinski definition) is 4. The van der Waals surface area contributed by atoms with Crippen LogP contribution in [-0.4, -0.2) is 72.6 Å². The monoisotopic (exact) mass is 371 g/mol. The minimum absolute atomic E-state index is 0.110. The fraction of sp³-hybridized carbons (Fsp3) is 0.500. The molecule has 1 atom stereocenters. The second-order valence-corrected chi connectivity index (χ2v) is 7.08. The van der Waals surface area contributed by atoms with Crippen LogP contribution in [0.5, 0.6) is 0 Å². The summed E-state index contributed by atoms with van der Waals surface area (Å²) in [5.74, 6) is 1.16. The number of methoxy groups -OCH3 is 1. The van der Waals surface area contributed by atoms with Crippen molar-refractivity contribution in [3.63, 3.8) is 0 Å². The van der Waals surface area contributed by atoms with E-state index in [-0.39, 0.29) is 6.03 Å². The maximum atomic E-state index is 12.7. The number of aromatic nitrogens is 2. The maximum absolute atomic E-state index is 12.7. The third-order valence-corrected chi connectivity index (χ3v) is 4.97. The molecule has 7 nitrogen and oxygen atoms in total. The number of nitrogens with zero attached hydrogens (tertiary/aromatic N) is 4. The van der Waals surface area contributed by atoms with Gasteiger partial charge in [0.1, 0.15) is 5.82 Å². The van der Waals surface area contributed by atoms with Gasteiger partial charge < -0.3 is 14.5 Å². The minimum Gasteiger partial charge on any atom is -0.383 e. The highest BCUT2D eigenvalue weighted by atomic mass is 16.5. The summed E-state index contributed by atoms with van der Waals surface area (Å²) in [4.78, 5) is 16.9. The summed E-state index contributed by atoms with van der Waals surface area (Å²) in [5.41, 5.74) is 0.918. The Morgan fingerprint density at radius 1 is 1.33 bits per heavy atom. The van der Waals surface area contributed by atoms with Crippen LogP contribution in [0.25, 0.3) is 5.69 Å². The van der Waals surface area contributed by atoms with E-state index in [4.69, 9.17) is 4.74 Å². The Balaban J connectivity index is 1.55. The number of piperidine rings is 1. The number of hydrogen-bond donors (Lipinski definition) is 1. The second-order valence-electron chi connectivity index (χ2n) is 7.08. The van der Waals surface area contributed by atoms with Gasteiger partial charge in [0.25, 0.3) is 0 Å². The number of carbonyl (C=O) groups is 1. The molecule has 2 aromatic rings. The van der Waals surface area contributed by atoms with E-state index in [0.29, 0.717) is 11.7 Å². The topological polar surface area (TPSA) is 62.6 Å². The smallest absolute Gasteiger partial charge is 0.322 e. The standard InChI is InChI=1S/C20H29N5O2/c1-23(15-17-7-6-12-24(16-17)13-14-27-2)20(26)22-19-10-11-21-25(19)18-8-4-3-5-9-18/h3-5,8-11,17H,6-7,12-16H2,1-2H3,(H,22,26)/t17-/m1/s1. The van der Waals surface area contributed by atoms with Crippen molar-refractivity contribution in [2.45, 2.75) is 12.8 Å². The first-order chi connectivity index (χ1) is 13.2. The second kappa shape index (κ2) is 9.53. The number of ether oxygens (including phenoxy) is 1. The first kappa shape index (κ1) is 19.4. The van der Waals surface area contributed by atoms with Gasteiger partial charge in [0.15, 0.2) is 0 Å². The highest BCUT2D eigenvalue weighted by Gasteiger charge is 2.23. The van der Waals surface area contributed by atoms with E-state index in [9.17, 15) is 4.79 Å². The zero-order valence-corrected chi connectivity index (χ0v) is 16.2. The molecule has 2 heterocycles. The first-order valence-corrected chi connectivity index (χ1v) is 9.50. The number of carbonyl (C=O) groups excluding carboxylic acids is 1. The molecule has 1 aromatic carbocycles. The lowest BCUT2D eigenvalue weighted by Crippen LogP contribution is -2.43. The van der Waals surface area contributed by atoms with Gasteiger partial charge in [-0.3, -0.25) is 5.32 Å². The fourth-order valence-corrected chi connectivity index (χ4v) is 3.57. The molecule has 2 amide bonds. The van der Waals surface area contributed by atoms with E-state index < -0.39 is 0 Å². The van der Waals surface area contributed by atoms with Crippen molar-refractivity contribution in [1.29, 1.82) is 0 Å². The number of urea groups is 1. The van der Waals surface area contributed by atoms with Gasteiger partial charge in [0, 0.05) is 39.9 Å². The number of amides is 2. The van der Waals surface area contributed by atoms with Crippen molar-refractivity contribution in [3.8, 4) is 5.69 Å². The molecule has 0 aliphatic carbocycles. The van der Waals surface area contributed by atoms with Gasteiger partial charge in [-0.05, 0) is 37.4 Å². The van der Waals surface area contributed by atoms with Crippen LogP contribution in [0.15, 0.2) is 42.6 Å². The van der Waals surface area contributed by atoms with Crippen LogP contribution in [0.2, 0.25) is 0 Å². The molecule has 1 aromatic heterocycles. The Hall–Kier alpha value is -2.38. The average molecular weight is 371 g/mol. The molecule has 27 heavy (non-hydrogen) atoms. The molecule has 1 saturated heterocycles. The predicted molar refractivity (Wildman–Crippen MR) is 106 cm³/mol. The van der Waals surface area contributed by atoms with Gasteiger partial charge in [-0.25, -0.2) is 9.48 Å². The van der Waals surface area contributed by atoms with Crippen molar-refractivity contribution in [2.75, 3.05) is 52.3 Å². The van der Waals surface area contributed by atoms with E-state index in [1.54, 1.807) is 22.9 Å². The van der Waals surface area contributed by atoms with E-state index in [1.807, 2.05) is 43.4 Å². The molecule has 1 N–H and O–H groups in total. The number of rotatable bonds is 7. The molecule has 1 aliphatic rings. The molecule has 3 rings (SSSR count). The highest BCUT2D eigenvalue weighted by molar-refractivity contribution is 5.88. The molecule has 7 heteroatoms. The lowest BCUT2D eigenvalue weighted by molar-refractivity contribution is 0.106. The van der Waals surface area contributed by atoms with Crippen LogP contribution in [0.4, 0.5) is 10.6 Å². The Labute approximate surface area is 160 Å². The van der Waals surface area contributed by atoms with Crippen LogP contribution >= 0.6 is 0 Å². The molecular formula is C20H29N5O2. The van der Waals surface area contributed by atoms with Crippen LogP contribution in [0.3, 0.4) is 0 Å². The highest BCUT2D eigenvalue weighted by Crippen LogP contribution is 2.18. The van der Waals surface area contributed by atoms with Crippen LogP contribution < -0.4 is 5.32 Å². The largest absolute Gasteiger partial charge is 0.383 e. The molecule has 0 spiro atoms. The van der Waals surface area contributed by atoms with Crippen molar-refractivity contribution in [1.82, 2.24) is 19.6 Å². The predicted octanol–water partition coefficient (Wildman–Crippen LogP) is 2.69. The van der Waals surface area contributed by atoms with Gasteiger partial charge in [-0.15, -0.1) is 0 Å². The summed E-state index contributed by atoms with van der Waals surface area (Å²) in [6.45, 7) is 4.59. The van der Waals surface area contributed by atoms with Gasteiger partial charge in [-0.2, -0.15) is 5.10 Å². The van der Waals surface area contributed by atoms with Gasteiger partial charge >= 0.3 is 6.03 Å². The zero-order chi connectivity index (χ0) is 19.1. The molecule has 1 fully saturated rings. The zero-order valence-electron chi connectivity index (χ0n) is 16.2. The SMILES string of the molecule is COCCN1CCC[C@H](CN(C)C(=O)Nc2ccnn2-c2ccccc2)C1. The summed E-state index contributed by atoms with van der Waals surface area (Å²) in [5, 5.41) is 7.30. The summed E-state index contributed by atoms with van der Waals surface area (Å²) in [7, 11) is 3.59. The van der Waals surface area contributed by atoms with E-state index in [0.717, 1.165) is 44.9 Å². The molecule has 1 aliphatic heterocycles. The van der Waals surface area contributed by atoms with Crippen LogP contribution in [0.1, 0.15) is 12.8 Å². The Morgan fingerprint density at radius 2 is 2.15 bits per heavy atom. The van der Waals surface area contributed by atoms with Crippen LogP contribution in [0, 0.1) is 5.92 Å². The van der Waals surface area contributed by atoms with Gasteiger partial charge in [-0.1, -0.05) is 18.2 Å². The Bertz CT molecular complexity index is 718. The first-order valence-electron chi connectivity index (χ1n) is 9.50. The third kappa shape index (κ3) is 5.30. The average Bonchev–Trinajstić information content (AvgIpc) is 3.15. The number of para-hydroxylation sites is 1. The quantitative estimate of drug-likeness (QED) is 0.813. The number of anilines is 1. The normalized spacial score (nSPS) is 17.6. The summed E-state index contributed by atoms with van der Waals surface area (Å²) < 4.78 is 6.92. The van der Waals surface area contributed by atoms with Crippen molar-refractivity contribution in [2.24, 2.45) is 5.92 Å². The van der Waals surface area contributed by atoms with E-state index >= 15 is 0 Å². The lowest BCUT2D eigenvalue weighted by atomic mass is 9.97. The maximum Gasteiger partial charge on any atom is 0.322 e. The van der Waals surface area contributed by atoms with E-state index in [2.05, 4.69) is 15.3 Å². The van der Waals surface area contributed by atoms with Crippen molar-refractivity contribution in [3.05, 3.63) is 42.6 Å². The Kier molecular flexibility index (Phi) is 6.84. The summed E-state index contributed by atoms with van der Waals surface area (Å²) in [6.07, 6.45) is 4.02. The van der Waals surface area contributed by atoms with E-state index in [1.165, 1.54) is 6.42 Å². The molecule has 0 unspecified atom stereocenters. The Morgan fingerprint density at radius 3 is 2.93 bits per heavy atom. The van der Waals surface area contributed by atoms with Crippen molar-refractivity contribution < 1.29 is 9.53 Å².